The summed E-state index contributed by atoms with van der Waals surface area (Å²) < 4.78 is 5.81. The highest BCUT2D eigenvalue weighted by Gasteiger charge is 2.18. The van der Waals surface area contributed by atoms with Crippen LogP contribution < -0.4 is 0 Å². The van der Waals surface area contributed by atoms with Gasteiger partial charge in [0, 0.05) is 12.6 Å². The van der Waals surface area contributed by atoms with E-state index in [4.69, 9.17) is 0 Å². The van der Waals surface area contributed by atoms with Gasteiger partial charge in [-0.3, -0.25) is 4.68 Å². The van der Waals surface area contributed by atoms with Gasteiger partial charge >= 0.3 is 0 Å². The predicted molar refractivity (Wildman–Crippen MR) is 68.3 cm³/mol. The van der Waals surface area contributed by atoms with Crippen LogP contribution in [0, 0.1) is 0 Å². The van der Waals surface area contributed by atoms with E-state index >= 15 is 0 Å². The van der Waals surface area contributed by atoms with Crippen LogP contribution in [0.25, 0.3) is 0 Å². The van der Waals surface area contributed by atoms with Crippen LogP contribution in [0.4, 0.5) is 0 Å². The van der Waals surface area contributed by atoms with Crippen molar-refractivity contribution in [2.45, 2.75) is 44.2 Å². The third-order valence-electron chi connectivity index (χ3n) is 3.47. The van der Waals surface area contributed by atoms with E-state index in [1.165, 1.54) is 37.2 Å². The van der Waals surface area contributed by atoms with Gasteiger partial charge in [-0.1, -0.05) is 17.3 Å². The molecule has 0 aliphatic heterocycles. The highest BCUT2D eigenvalue weighted by molar-refractivity contribution is 7.05. The second kappa shape index (κ2) is 5.16. The maximum absolute atomic E-state index is 10.0. The zero-order valence-electron chi connectivity index (χ0n) is 10.1. The molecule has 2 aromatic heterocycles. The molecule has 1 unspecified atom stereocenters. The normalized spacial score (nSPS) is 18.3. The maximum Gasteiger partial charge on any atom is 0.0970 e. The highest BCUT2D eigenvalue weighted by Crippen LogP contribution is 2.29. The largest absolute Gasteiger partial charge is 0.387 e. The zero-order chi connectivity index (χ0) is 12.4. The summed E-state index contributed by atoms with van der Waals surface area (Å²) in [6.45, 7) is 0. The van der Waals surface area contributed by atoms with Crippen LogP contribution >= 0.6 is 11.5 Å². The molecule has 3 rings (SSSR count). The molecule has 2 heterocycles. The van der Waals surface area contributed by atoms with E-state index in [1.54, 1.807) is 6.20 Å². The molecule has 0 amide bonds. The van der Waals surface area contributed by atoms with Crippen molar-refractivity contribution in [3.05, 3.63) is 29.0 Å². The lowest BCUT2D eigenvalue weighted by Gasteiger charge is -2.09. The maximum atomic E-state index is 10.0. The van der Waals surface area contributed by atoms with Gasteiger partial charge in [0.25, 0.3) is 0 Å². The molecule has 0 spiro atoms. The van der Waals surface area contributed by atoms with Gasteiger partial charge in [0.1, 0.15) is 0 Å². The molecule has 1 aliphatic carbocycles. The van der Waals surface area contributed by atoms with E-state index in [9.17, 15) is 5.11 Å². The summed E-state index contributed by atoms with van der Waals surface area (Å²) in [4.78, 5) is 0.797. The molecule has 1 aliphatic rings. The van der Waals surface area contributed by atoms with Crippen molar-refractivity contribution in [2.75, 3.05) is 0 Å². The second-order valence-corrected chi connectivity index (χ2v) is 5.58. The average Bonchev–Trinajstić information content (AvgIpc) is 3.12. The SMILES string of the molecule is OC(Cc1ccn(C2CCCC2)n1)c1cnns1. The third-order valence-corrected chi connectivity index (χ3v) is 4.24. The van der Waals surface area contributed by atoms with Gasteiger partial charge in [0.05, 0.1) is 28.9 Å². The van der Waals surface area contributed by atoms with Gasteiger partial charge in [-0.25, -0.2) is 0 Å². The van der Waals surface area contributed by atoms with Gasteiger partial charge in [-0.15, -0.1) is 5.10 Å². The van der Waals surface area contributed by atoms with Gasteiger partial charge in [0.15, 0.2) is 0 Å². The lowest BCUT2D eigenvalue weighted by molar-refractivity contribution is 0.180. The molecule has 0 radical (unpaired) electrons. The highest BCUT2D eigenvalue weighted by atomic mass is 32.1. The summed E-state index contributed by atoms with van der Waals surface area (Å²) in [5.74, 6) is 0. The Labute approximate surface area is 110 Å². The predicted octanol–water partition coefficient (Wildman–Crippen LogP) is 2.13. The zero-order valence-corrected chi connectivity index (χ0v) is 10.9. The monoisotopic (exact) mass is 264 g/mol. The van der Waals surface area contributed by atoms with Gasteiger partial charge in [-0.05, 0) is 30.4 Å². The molecule has 5 nitrogen and oxygen atoms in total. The lowest BCUT2D eigenvalue weighted by Crippen LogP contribution is -2.07. The van der Waals surface area contributed by atoms with E-state index < -0.39 is 6.10 Å². The van der Waals surface area contributed by atoms with E-state index in [-0.39, 0.29) is 0 Å². The van der Waals surface area contributed by atoms with Crippen molar-refractivity contribution < 1.29 is 5.11 Å². The first-order chi connectivity index (χ1) is 8.83. The Morgan fingerprint density at radius 2 is 2.28 bits per heavy atom. The van der Waals surface area contributed by atoms with Crippen molar-refractivity contribution in [1.82, 2.24) is 19.4 Å². The molecule has 1 fully saturated rings. The Morgan fingerprint density at radius 3 is 3.00 bits per heavy atom. The van der Waals surface area contributed by atoms with Crippen molar-refractivity contribution in [3.8, 4) is 0 Å². The molecule has 1 N–H and O–H groups in total. The summed E-state index contributed by atoms with van der Waals surface area (Å²) in [5.41, 5.74) is 0.933. The molecule has 96 valence electrons. The molecule has 1 atom stereocenters. The van der Waals surface area contributed by atoms with Crippen LogP contribution in [0.1, 0.15) is 48.4 Å². The number of hydrogen-bond acceptors (Lipinski definition) is 5. The number of rotatable bonds is 4. The number of aliphatic hydroxyl groups is 1. The van der Waals surface area contributed by atoms with Crippen molar-refractivity contribution in [2.24, 2.45) is 0 Å². The minimum absolute atomic E-state index is 0.531. The summed E-state index contributed by atoms with van der Waals surface area (Å²) >= 11 is 1.24. The topological polar surface area (TPSA) is 63.8 Å². The van der Waals surface area contributed by atoms with Crippen LogP contribution in [-0.4, -0.2) is 24.5 Å². The van der Waals surface area contributed by atoms with Crippen molar-refractivity contribution >= 4 is 11.5 Å². The fraction of sp³-hybridized carbons (Fsp3) is 0.583. The molecule has 0 aromatic carbocycles. The fourth-order valence-electron chi connectivity index (χ4n) is 2.48. The minimum atomic E-state index is -0.545. The lowest BCUT2D eigenvalue weighted by atomic mass is 10.2. The smallest absolute Gasteiger partial charge is 0.0970 e. The molecule has 6 heteroatoms. The summed E-state index contributed by atoms with van der Waals surface area (Å²) in [7, 11) is 0. The quantitative estimate of drug-likeness (QED) is 0.918. The minimum Gasteiger partial charge on any atom is -0.387 e. The second-order valence-electron chi connectivity index (χ2n) is 4.77. The first-order valence-corrected chi connectivity index (χ1v) is 7.09. The van der Waals surface area contributed by atoms with Crippen molar-refractivity contribution in [3.63, 3.8) is 0 Å². The number of aromatic nitrogens is 4. The molecule has 0 saturated heterocycles. The molecule has 2 aromatic rings. The third kappa shape index (κ3) is 2.44. The number of hydrogen-bond donors (Lipinski definition) is 1. The van der Waals surface area contributed by atoms with E-state index in [1.807, 2.05) is 12.3 Å². The first-order valence-electron chi connectivity index (χ1n) is 6.32. The Hall–Kier alpha value is -1.27. The van der Waals surface area contributed by atoms with E-state index in [0.29, 0.717) is 12.5 Å². The van der Waals surface area contributed by atoms with Crippen LogP contribution in [-0.2, 0) is 6.42 Å². The average molecular weight is 264 g/mol. The van der Waals surface area contributed by atoms with E-state index in [0.717, 1.165) is 10.6 Å². The van der Waals surface area contributed by atoms with Crippen LogP contribution in [0.5, 0.6) is 0 Å². The number of nitrogens with zero attached hydrogens (tertiary/aromatic N) is 4. The van der Waals surface area contributed by atoms with E-state index in [2.05, 4.69) is 19.4 Å². The molecular weight excluding hydrogens is 248 g/mol. The molecular formula is C12H16N4OS. The first kappa shape index (κ1) is 11.8. The van der Waals surface area contributed by atoms with Crippen LogP contribution in [0.15, 0.2) is 18.5 Å². The van der Waals surface area contributed by atoms with Crippen molar-refractivity contribution in [1.29, 1.82) is 0 Å². The number of aliphatic hydroxyl groups excluding tert-OH is 1. The van der Waals surface area contributed by atoms with Gasteiger partial charge in [0.2, 0.25) is 0 Å². The summed E-state index contributed by atoms with van der Waals surface area (Å²) in [6.07, 6.45) is 8.68. The Balaban J connectivity index is 1.66. The van der Waals surface area contributed by atoms with Crippen LogP contribution in [0.2, 0.25) is 0 Å². The Kier molecular flexibility index (Phi) is 3.38. The fourth-order valence-corrected chi connectivity index (χ4v) is 2.97. The molecule has 0 bridgehead atoms. The summed E-state index contributed by atoms with van der Waals surface area (Å²) in [5, 5.41) is 18.3. The molecule has 18 heavy (non-hydrogen) atoms. The van der Waals surface area contributed by atoms with Gasteiger partial charge in [-0.2, -0.15) is 5.10 Å². The van der Waals surface area contributed by atoms with Crippen LogP contribution in [0.3, 0.4) is 0 Å². The summed E-state index contributed by atoms with van der Waals surface area (Å²) in [6, 6.07) is 2.55. The Bertz CT molecular complexity index is 490. The Morgan fingerprint density at radius 1 is 1.44 bits per heavy atom. The van der Waals surface area contributed by atoms with Gasteiger partial charge < -0.3 is 5.11 Å². The standard InChI is InChI=1S/C12H16N4OS/c17-11(12-8-13-15-18-12)7-9-5-6-16(14-9)10-3-1-2-4-10/h5-6,8,10-11,17H,1-4,7H2. The molecule has 1 saturated carbocycles.